The van der Waals surface area contributed by atoms with Crippen LogP contribution in [0.15, 0.2) is 11.6 Å². The molecule has 0 bridgehead atoms. The highest BCUT2D eigenvalue weighted by Crippen LogP contribution is 2.35. The van der Waals surface area contributed by atoms with E-state index >= 15 is 0 Å². The fourth-order valence-corrected chi connectivity index (χ4v) is 2.57. The molecular weight excluding hydrogens is 254 g/mol. The van der Waals surface area contributed by atoms with E-state index in [9.17, 15) is 4.79 Å². The van der Waals surface area contributed by atoms with Crippen LogP contribution in [-0.4, -0.2) is 35.0 Å². The number of amides is 1. The summed E-state index contributed by atoms with van der Waals surface area (Å²) in [5.41, 5.74) is 0.346. The van der Waals surface area contributed by atoms with E-state index < -0.39 is 5.72 Å². The average Bonchev–Trinajstić information content (AvgIpc) is 2.46. The second kappa shape index (κ2) is 6.17. The Morgan fingerprint density at radius 1 is 1.35 bits per heavy atom. The minimum atomic E-state index is -0.611. The quantitative estimate of drug-likeness (QED) is 0.729. The molecule has 0 N–H and O–H groups in total. The highest BCUT2D eigenvalue weighted by atomic mass is 16.6. The number of carbonyl (C=O) groups is 1. The molecule has 1 amide bonds. The van der Waals surface area contributed by atoms with Gasteiger partial charge in [0.25, 0.3) is 0 Å². The maximum Gasteiger partial charge on any atom is 0.412 e. The summed E-state index contributed by atoms with van der Waals surface area (Å²) in [4.78, 5) is 14.1. The van der Waals surface area contributed by atoms with Crippen molar-refractivity contribution in [2.45, 2.75) is 78.7 Å². The van der Waals surface area contributed by atoms with E-state index in [1.807, 2.05) is 34.6 Å². The van der Waals surface area contributed by atoms with Crippen LogP contribution in [0.25, 0.3) is 0 Å². The molecule has 0 aromatic carbocycles. The van der Waals surface area contributed by atoms with E-state index in [4.69, 9.17) is 9.47 Å². The Balaban J connectivity index is 2.59. The third kappa shape index (κ3) is 4.23. The van der Waals surface area contributed by atoms with Gasteiger partial charge in [0.15, 0.2) is 0 Å². The third-order valence-corrected chi connectivity index (χ3v) is 3.53. The summed E-state index contributed by atoms with van der Waals surface area (Å²) < 4.78 is 11.3. The fraction of sp³-hybridized carbons (Fsp3) is 0.812. The van der Waals surface area contributed by atoms with Gasteiger partial charge in [0.1, 0.15) is 11.8 Å². The predicted molar refractivity (Wildman–Crippen MR) is 80.6 cm³/mol. The molecule has 1 rings (SSSR count). The molecule has 0 radical (unpaired) electrons. The number of carbonyl (C=O) groups excluding carboxylic acids is 1. The normalized spacial score (nSPS) is 21.4. The van der Waals surface area contributed by atoms with E-state index in [1.165, 1.54) is 5.57 Å². The van der Waals surface area contributed by atoms with Crippen LogP contribution in [0, 0.1) is 0 Å². The molecule has 0 aliphatic carbocycles. The maximum absolute atomic E-state index is 12.4. The van der Waals surface area contributed by atoms with Crippen LogP contribution in [0.5, 0.6) is 0 Å². The lowest BCUT2D eigenvalue weighted by atomic mass is 10.0. The van der Waals surface area contributed by atoms with Crippen molar-refractivity contribution in [2.24, 2.45) is 0 Å². The Morgan fingerprint density at radius 3 is 2.40 bits per heavy atom. The zero-order valence-electron chi connectivity index (χ0n) is 13.9. The average molecular weight is 283 g/mol. The second-order valence-electron chi connectivity index (χ2n) is 6.94. The number of rotatable bonds is 4. The molecule has 1 saturated heterocycles. The molecule has 1 heterocycles. The van der Waals surface area contributed by atoms with Gasteiger partial charge in [-0.05, 0) is 61.3 Å². The number of hydrogen-bond acceptors (Lipinski definition) is 3. The van der Waals surface area contributed by atoms with E-state index in [1.54, 1.807) is 4.90 Å². The third-order valence-electron chi connectivity index (χ3n) is 3.53. The van der Waals surface area contributed by atoms with Gasteiger partial charge in [-0.1, -0.05) is 11.6 Å². The van der Waals surface area contributed by atoms with E-state index in [0.717, 1.165) is 12.8 Å². The smallest absolute Gasteiger partial charge is 0.412 e. The highest BCUT2D eigenvalue weighted by molar-refractivity contribution is 5.70. The fourth-order valence-electron chi connectivity index (χ4n) is 2.57. The molecule has 4 nitrogen and oxygen atoms in total. The van der Waals surface area contributed by atoms with Crippen molar-refractivity contribution in [1.82, 2.24) is 4.90 Å². The van der Waals surface area contributed by atoms with E-state index in [-0.39, 0.29) is 17.7 Å². The standard InChI is InChI=1S/C16H29NO3/c1-12(2)9-8-10-13(3)20-14(18)17-15(4,5)11-19-16(17,6)7/h9,13H,8,10-11H2,1-7H3/t13-/m0/s1. The van der Waals surface area contributed by atoms with Gasteiger partial charge in [-0.3, -0.25) is 4.90 Å². The van der Waals surface area contributed by atoms with E-state index in [2.05, 4.69) is 19.9 Å². The van der Waals surface area contributed by atoms with Crippen molar-refractivity contribution >= 4 is 6.09 Å². The summed E-state index contributed by atoms with van der Waals surface area (Å²) in [6.45, 7) is 14.4. The maximum atomic E-state index is 12.4. The summed E-state index contributed by atoms with van der Waals surface area (Å²) in [5, 5.41) is 0. The summed E-state index contributed by atoms with van der Waals surface area (Å²) in [6, 6.07) is 0. The summed E-state index contributed by atoms with van der Waals surface area (Å²) in [7, 11) is 0. The van der Waals surface area contributed by atoms with Gasteiger partial charge in [-0.25, -0.2) is 4.79 Å². The lowest BCUT2D eigenvalue weighted by Crippen LogP contribution is -2.53. The molecule has 0 saturated carbocycles. The Kier molecular flexibility index (Phi) is 5.25. The zero-order valence-corrected chi connectivity index (χ0v) is 13.9. The van der Waals surface area contributed by atoms with Crippen LogP contribution < -0.4 is 0 Å². The van der Waals surface area contributed by atoms with Crippen LogP contribution in [0.1, 0.15) is 61.3 Å². The first-order chi connectivity index (χ1) is 9.06. The lowest BCUT2D eigenvalue weighted by molar-refractivity contribution is -0.0575. The Morgan fingerprint density at radius 2 is 1.95 bits per heavy atom. The number of allylic oxidation sites excluding steroid dienone is 2. The molecule has 4 heteroatoms. The molecule has 116 valence electrons. The van der Waals surface area contributed by atoms with Gasteiger partial charge in [-0.15, -0.1) is 0 Å². The van der Waals surface area contributed by atoms with Crippen molar-refractivity contribution in [2.75, 3.05) is 6.61 Å². The van der Waals surface area contributed by atoms with Crippen LogP contribution in [0.3, 0.4) is 0 Å². The van der Waals surface area contributed by atoms with Crippen molar-refractivity contribution in [3.8, 4) is 0 Å². The molecule has 1 aliphatic heterocycles. The van der Waals surface area contributed by atoms with Crippen molar-refractivity contribution in [3.05, 3.63) is 11.6 Å². The van der Waals surface area contributed by atoms with Crippen LogP contribution in [0.4, 0.5) is 4.79 Å². The Bertz CT molecular complexity index is 365. The molecule has 0 unspecified atom stereocenters. The minimum absolute atomic E-state index is 0.0923. The van der Waals surface area contributed by atoms with Crippen LogP contribution in [0.2, 0.25) is 0 Å². The molecule has 0 aromatic heterocycles. The largest absolute Gasteiger partial charge is 0.446 e. The highest BCUT2D eigenvalue weighted by Gasteiger charge is 2.49. The first-order valence-corrected chi connectivity index (χ1v) is 7.34. The predicted octanol–water partition coefficient (Wildman–Crippen LogP) is 4.10. The molecule has 1 atom stereocenters. The minimum Gasteiger partial charge on any atom is -0.446 e. The molecular formula is C16H29NO3. The topological polar surface area (TPSA) is 38.8 Å². The first-order valence-electron chi connectivity index (χ1n) is 7.34. The summed E-state index contributed by atoms with van der Waals surface area (Å²) in [6.07, 6.45) is 3.55. The van der Waals surface area contributed by atoms with Crippen molar-refractivity contribution in [1.29, 1.82) is 0 Å². The van der Waals surface area contributed by atoms with Crippen LogP contribution >= 0.6 is 0 Å². The van der Waals surface area contributed by atoms with Crippen molar-refractivity contribution in [3.63, 3.8) is 0 Å². The van der Waals surface area contributed by atoms with Gasteiger partial charge in [-0.2, -0.15) is 0 Å². The molecule has 1 fully saturated rings. The lowest BCUT2D eigenvalue weighted by Gasteiger charge is -2.37. The molecule has 0 spiro atoms. The van der Waals surface area contributed by atoms with Crippen LogP contribution in [-0.2, 0) is 9.47 Å². The molecule has 1 aliphatic rings. The SMILES string of the molecule is CC(C)=CCC[C@H](C)OC(=O)N1C(C)(C)COC1(C)C. The van der Waals surface area contributed by atoms with Gasteiger partial charge >= 0.3 is 6.09 Å². The molecule has 0 aromatic rings. The first kappa shape index (κ1) is 17.0. The van der Waals surface area contributed by atoms with Gasteiger partial charge < -0.3 is 9.47 Å². The van der Waals surface area contributed by atoms with Crippen molar-refractivity contribution < 1.29 is 14.3 Å². The van der Waals surface area contributed by atoms with Gasteiger partial charge in [0.05, 0.1) is 12.1 Å². The number of hydrogen-bond donors (Lipinski definition) is 0. The Labute approximate surface area is 123 Å². The second-order valence-corrected chi connectivity index (χ2v) is 6.94. The Hall–Kier alpha value is -1.03. The van der Waals surface area contributed by atoms with Gasteiger partial charge in [0, 0.05) is 0 Å². The summed E-state index contributed by atoms with van der Waals surface area (Å²) >= 11 is 0. The zero-order chi connectivity index (χ0) is 15.6. The number of ether oxygens (including phenoxy) is 2. The van der Waals surface area contributed by atoms with E-state index in [0.29, 0.717) is 6.61 Å². The summed E-state index contributed by atoms with van der Waals surface area (Å²) in [5.74, 6) is 0. The monoisotopic (exact) mass is 283 g/mol. The molecule has 20 heavy (non-hydrogen) atoms. The number of nitrogens with zero attached hydrogens (tertiary/aromatic N) is 1. The van der Waals surface area contributed by atoms with Gasteiger partial charge in [0.2, 0.25) is 0 Å².